The van der Waals surface area contributed by atoms with Crippen LogP contribution in [0.1, 0.15) is 11.1 Å². The second-order valence-corrected chi connectivity index (χ2v) is 6.57. The van der Waals surface area contributed by atoms with E-state index < -0.39 is 0 Å². The number of hydrazine groups is 1. The van der Waals surface area contributed by atoms with E-state index in [-0.39, 0.29) is 12.5 Å². The fourth-order valence-corrected chi connectivity index (χ4v) is 2.48. The molecule has 0 aliphatic rings. The smallest absolute Gasteiger partial charge is 0.276 e. The molecule has 0 fully saturated rings. The third kappa shape index (κ3) is 6.17. The van der Waals surface area contributed by atoms with Crippen LogP contribution in [0.5, 0.6) is 5.75 Å². The molecular formula is C17H18BrN3O2S. The number of nitrogens with one attached hydrogen (secondary N) is 3. The highest BCUT2D eigenvalue weighted by Crippen LogP contribution is 2.16. The van der Waals surface area contributed by atoms with Crippen molar-refractivity contribution in [2.24, 2.45) is 0 Å². The van der Waals surface area contributed by atoms with Gasteiger partial charge in [0.15, 0.2) is 11.7 Å². The predicted octanol–water partition coefficient (Wildman–Crippen LogP) is 3.46. The van der Waals surface area contributed by atoms with Gasteiger partial charge in [0.05, 0.1) is 0 Å². The van der Waals surface area contributed by atoms with E-state index in [4.69, 9.17) is 17.0 Å². The van der Waals surface area contributed by atoms with Crippen molar-refractivity contribution in [1.82, 2.24) is 10.9 Å². The molecule has 0 aliphatic heterocycles. The molecule has 0 aromatic heterocycles. The summed E-state index contributed by atoms with van der Waals surface area (Å²) in [7, 11) is 0. The molecule has 24 heavy (non-hydrogen) atoms. The van der Waals surface area contributed by atoms with Crippen LogP contribution in [0, 0.1) is 13.8 Å². The van der Waals surface area contributed by atoms with Gasteiger partial charge in [-0.3, -0.25) is 15.6 Å². The largest absolute Gasteiger partial charge is 0.484 e. The van der Waals surface area contributed by atoms with Crippen molar-refractivity contribution in [1.29, 1.82) is 0 Å². The molecule has 2 aromatic rings. The van der Waals surface area contributed by atoms with Crippen LogP contribution in [0.25, 0.3) is 0 Å². The van der Waals surface area contributed by atoms with Gasteiger partial charge in [-0.15, -0.1) is 0 Å². The van der Waals surface area contributed by atoms with Crippen molar-refractivity contribution < 1.29 is 9.53 Å². The van der Waals surface area contributed by atoms with Gasteiger partial charge in [0, 0.05) is 10.2 Å². The lowest BCUT2D eigenvalue weighted by Gasteiger charge is -2.13. The Balaban J connectivity index is 1.74. The molecule has 2 rings (SSSR count). The maximum atomic E-state index is 11.8. The Kier molecular flexibility index (Phi) is 6.57. The lowest BCUT2D eigenvalue weighted by Crippen LogP contribution is -2.45. The molecule has 5 nitrogen and oxygen atoms in total. The number of halogens is 1. The summed E-state index contributed by atoms with van der Waals surface area (Å²) in [5, 5.41) is 3.32. The van der Waals surface area contributed by atoms with Crippen molar-refractivity contribution in [3.8, 4) is 5.75 Å². The van der Waals surface area contributed by atoms with Crippen LogP contribution in [0.3, 0.4) is 0 Å². The monoisotopic (exact) mass is 407 g/mol. The maximum Gasteiger partial charge on any atom is 0.276 e. The normalized spacial score (nSPS) is 9.96. The quantitative estimate of drug-likeness (QED) is 0.534. The first-order chi connectivity index (χ1) is 11.4. The zero-order chi connectivity index (χ0) is 17.5. The molecule has 3 N–H and O–H groups in total. The number of carbonyl (C=O) groups is 1. The molecule has 7 heteroatoms. The molecular weight excluding hydrogens is 390 g/mol. The lowest BCUT2D eigenvalue weighted by molar-refractivity contribution is -0.123. The molecule has 2 aromatic carbocycles. The van der Waals surface area contributed by atoms with Crippen molar-refractivity contribution in [2.45, 2.75) is 13.8 Å². The number of hydrogen-bond acceptors (Lipinski definition) is 3. The number of hydrogen-bond donors (Lipinski definition) is 3. The first kappa shape index (κ1) is 18.2. The van der Waals surface area contributed by atoms with E-state index in [9.17, 15) is 4.79 Å². The van der Waals surface area contributed by atoms with Gasteiger partial charge in [0.25, 0.3) is 5.91 Å². The van der Waals surface area contributed by atoms with Crippen LogP contribution in [0.2, 0.25) is 0 Å². The zero-order valence-corrected chi connectivity index (χ0v) is 15.8. The molecule has 0 saturated carbocycles. The van der Waals surface area contributed by atoms with E-state index >= 15 is 0 Å². The minimum atomic E-state index is -0.331. The van der Waals surface area contributed by atoms with Gasteiger partial charge in [0.1, 0.15) is 5.75 Å². The Morgan fingerprint density at radius 1 is 1.08 bits per heavy atom. The molecule has 126 valence electrons. The third-order valence-corrected chi connectivity index (χ3v) is 3.71. The summed E-state index contributed by atoms with van der Waals surface area (Å²) in [6.07, 6.45) is 0. The number of anilines is 1. The molecule has 0 bridgehead atoms. The second kappa shape index (κ2) is 8.65. The van der Waals surface area contributed by atoms with Crippen molar-refractivity contribution in [3.63, 3.8) is 0 Å². The van der Waals surface area contributed by atoms with E-state index in [2.05, 4.69) is 38.2 Å². The molecule has 0 spiro atoms. The number of benzene rings is 2. The average molecular weight is 408 g/mol. The van der Waals surface area contributed by atoms with Gasteiger partial charge < -0.3 is 10.1 Å². The summed E-state index contributed by atoms with van der Waals surface area (Å²) >= 11 is 8.49. The fourth-order valence-electron chi connectivity index (χ4n) is 2.05. The van der Waals surface area contributed by atoms with E-state index in [1.807, 2.05) is 38.1 Å². The summed E-state index contributed by atoms with van der Waals surface area (Å²) in [6.45, 7) is 3.91. The number of rotatable bonds is 4. The Bertz CT molecular complexity index is 715. The molecule has 0 heterocycles. The first-order valence-corrected chi connectivity index (χ1v) is 8.45. The van der Waals surface area contributed by atoms with Crippen molar-refractivity contribution in [3.05, 3.63) is 58.1 Å². The second-order valence-electron chi connectivity index (χ2n) is 5.25. The molecule has 0 atom stereocenters. The van der Waals surface area contributed by atoms with E-state index in [0.717, 1.165) is 21.3 Å². The highest BCUT2D eigenvalue weighted by Gasteiger charge is 2.04. The number of thiocarbonyl (C=S) groups is 1. The van der Waals surface area contributed by atoms with Crippen LogP contribution in [0.4, 0.5) is 5.69 Å². The standard InChI is InChI=1S/C17H18BrN3O2S/c1-11-7-12(2)9-14(8-11)19-17(24)21-20-16(22)10-23-15-5-3-13(18)4-6-15/h3-9H,10H2,1-2H3,(H,20,22)(H2,19,21,24). The lowest BCUT2D eigenvalue weighted by atomic mass is 10.1. The summed E-state index contributed by atoms with van der Waals surface area (Å²) < 4.78 is 6.32. The summed E-state index contributed by atoms with van der Waals surface area (Å²) in [4.78, 5) is 11.8. The molecule has 0 unspecified atom stereocenters. The van der Waals surface area contributed by atoms with Crippen molar-refractivity contribution in [2.75, 3.05) is 11.9 Å². The van der Waals surface area contributed by atoms with Gasteiger partial charge in [-0.2, -0.15) is 0 Å². The summed E-state index contributed by atoms with van der Waals surface area (Å²) in [5.41, 5.74) is 8.26. The third-order valence-electron chi connectivity index (χ3n) is 2.98. The fraction of sp³-hybridized carbons (Fsp3) is 0.176. The molecule has 0 saturated heterocycles. The van der Waals surface area contributed by atoms with Crippen LogP contribution in [-0.2, 0) is 4.79 Å². The average Bonchev–Trinajstić information content (AvgIpc) is 2.51. The molecule has 1 amide bonds. The highest BCUT2D eigenvalue weighted by molar-refractivity contribution is 9.10. The van der Waals surface area contributed by atoms with Crippen LogP contribution < -0.4 is 20.9 Å². The number of ether oxygens (including phenoxy) is 1. The Hall–Kier alpha value is -2.12. The van der Waals surface area contributed by atoms with E-state index in [1.54, 1.807) is 12.1 Å². The Labute approximate surface area is 154 Å². The topological polar surface area (TPSA) is 62.4 Å². The van der Waals surface area contributed by atoms with Gasteiger partial charge in [-0.25, -0.2) is 0 Å². The molecule has 0 aliphatic carbocycles. The number of amides is 1. The van der Waals surface area contributed by atoms with Gasteiger partial charge in [-0.1, -0.05) is 22.0 Å². The first-order valence-electron chi connectivity index (χ1n) is 7.25. The summed E-state index contributed by atoms with van der Waals surface area (Å²) in [5.74, 6) is 0.284. The molecule has 0 radical (unpaired) electrons. The minimum absolute atomic E-state index is 0.110. The van der Waals surface area contributed by atoms with E-state index in [0.29, 0.717) is 10.9 Å². The van der Waals surface area contributed by atoms with Gasteiger partial charge >= 0.3 is 0 Å². The number of aryl methyl sites for hydroxylation is 2. The zero-order valence-electron chi connectivity index (χ0n) is 13.4. The highest BCUT2D eigenvalue weighted by atomic mass is 79.9. The van der Waals surface area contributed by atoms with Crippen LogP contribution in [-0.4, -0.2) is 17.6 Å². The van der Waals surface area contributed by atoms with Crippen LogP contribution >= 0.6 is 28.1 Å². The Morgan fingerprint density at radius 3 is 2.33 bits per heavy atom. The summed E-state index contributed by atoms with van der Waals surface area (Å²) in [6, 6.07) is 13.2. The Morgan fingerprint density at radius 2 is 1.71 bits per heavy atom. The predicted molar refractivity (Wildman–Crippen MR) is 103 cm³/mol. The van der Waals surface area contributed by atoms with Crippen LogP contribution in [0.15, 0.2) is 46.9 Å². The maximum absolute atomic E-state index is 11.8. The number of carbonyl (C=O) groups excluding carboxylic acids is 1. The minimum Gasteiger partial charge on any atom is -0.484 e. The van der Waals surface area contributed by atoms with Gasteiger partial charge in [0.2, 0.25) is 0 Å². The SMILES string of the molecule is Cc1cc(C)cc(NC(=S)NNC(=O)COc2ccc(Br)cc2)c1. The van der Waals surface area contributed by atoms with Gasteiger partial charge in [-0.05, 0) is 73.6 Å². The van der Waals surface area contributed by atoms with E-state index in [1.165, 1.54) is 0 Å². The van der Waals surface area contributed by atoms with Crippen molar-refractivity contribution >= 4 is 44.9 Å².